The molecule has 2 aromatic carbocycles. The average molecular weight is 549 g/mol. The predicted octanol–water partition coefficient (Wildman–Crippen LogP) is 6.09. The first-order valence-corrected chi connectivity index (χ1v) is 12.8. The van der Waals surface area contributed by atoms with Gasteiger partial charge in [0.2, 0.25) is 11.8 Å². The molecule has 0 saturated carbocycles. The molecule has 4 aromatic rings. The van der Waals surface area contributed by atoms with Crippen LogP contribution in [0, 0.1) is 0 Å². The highest BCUT2D eigenvalue weighted by Gasteiger charge is 2.31. The van der Waals surface area contributed by atoms with Gasteiger partial charge in [0, 0.05) is 62.8 Å². The van der Waals surface area contributed by atoms with Crippen molar-refractivity contribution in [1.82, 2.24) is 20.2 Å². The molecule has 0 radical (unpaired) electrons. The smallest absolute Gasteiger partial charge is 0.393 e. The van der Waals surface area contributed by atoms with Gasteiger partial charge in [-0.15, -0.1) is 0 Å². The van der Waals surface area contributed by atoms with Crippen LogP contribution < -0.4 is 10.1 Å². The van der Waals surface area contributed by atoms with E-state index in [0.717, 1.165) is 10.9 Å². The lowest BCUT2D eigenvalue weighted by Gasteiger charge is -2.19. The van der Waals surface area contributed by atoms with Crippen LogP contribution in [0.5, 0.6) is 5.88 Å². The molecule has 2 heterocycles. The van der Waals surface area contributed by atoms with Gasteiger partial charge in [-0.1, -0.05) is 42.5 Å². The zero-order valence-corrected chi connectivity index (χ0v) is 22.3. The standard InChI is InChI=1S/C31H31F3N4O2/c1-38(2)29(39)9-6-15-35-17-18-40-28-13-11-25(21-37-28)30(24-10-12-27-23(19-24)14-16-36-27)26(20-31(32,33)34)22-7-4-3-5-8-22/h3-14,16,19,21,35-36H,15,17-18,20H2,1-2H3/b9-6+,30-26-. The van der Waals surface area contributed by atoms with Crippen molar-refractivity contribution in [2.24, 2.45) is 0 Å². The van der Waals surface area contributed by atoms with Gasteiger partial charge in [0.1, 0.15) is 6.61 Å². The summed E-state index contributed by atoms with van der Waals surface area (Å²) < 4.78 is 47.3. The zero-order chi connectivity index (χ0) is 28.5. The number of allylic oxidation sites excluding steroid dienone is 1. The molecule has 0 spiro atoms. The molecule has 0 aliphatic carbocycles. The highest BCUT2D eigenvalue weighted by molar-refractivity contribution is 6.00. The zero-order valence-electron chi connectivity index (χ0n) is 22.3. The van der Waals surface area contributed by atoms with Gasteiger partial charge >= 0.3 is 6.18 Å². The summed E-state index contributed by atoms with van der Waals surface area (Å²) in [7, 11) is 3.37. The second-order valence-corrected chi connectivity index (χ2v) is 9.36. The van der Waals surface area contributed by atoms with E-state index < -0.39 is 12.6 Å². The first-order chi connectivity index (χ1) is 19.2. The molecule has 6 nitrogen and oxygen atoms in total. The number of nitrogens with zero attached hydrogens (tertiary/aromatic N) is 2. The second kappa shape index (κ2) is 13.1. The van der Waals surface area contributed by atoms with Crippen molar-refractivity contribution in [3.05, 3.63) is 108 Å². The van der Waals surface area contributed by atoms with E-state index in [4.69, 9.17) is 4.74 Å². The van der Waals surface area contributed by atoms with Gasteiger partial charge in [0.25, 0.3) is 0 Å². The van der Waals surface area contributed by atoms with E-state index in [1.54, 1.807) is 75.0 Å². The molecule has 208 valence electrons. The minimum absolute atomic E-state index is 0.0885. The van der Waals surface area contributed by atoms with E-state index in [9.17, 15) is 18.0 Å². The molecule has 9 heteroatoms. The lowest BCUT2D eigenvalue weighted by molar-refractivity contribution is -0.124. The Morgan fingerprint density at radius 3 is 2.50 bits per heavy atom. The molecule has 0 atom stereocenters. The van der Waals surface area contributed by atoms with E-state index in [2.05, 4.69) is 15.3 Å². The van der Waals surface area contributed by atoms with Crippen LogP contribution in [0.2, 0.25) is 0 Å². The lowest BCUT2D eigenvalue weighted by Crippen LogP contribution is -2.22. The van der Waals surface area contributed by atoms with Crippen molar-refractivity contribution in [3.63, 3.8) is 0 Å². The number of aromatic amines is 1. The summed E-state index contributed by atoms with van der Waals surface area (Å²) in [6, 6.07) is 19.5. The number of alkyl halides is 3. The number of ether oxygens (including phenoxy) is 1. The molecular weight excluding hydrogens is 517 g/mol. The minimum atomic E-state index is -4.41. The van der Waals surface area contributed by atoms with Gasteiger partial charge < -0.3 is 19.9 Å². The van der Waals surface area contributed by atoms with Crippen LogP contribution in [0.25, 0.3) is 22.0 Å². The van der Waals surface area contributed by atoms with Crippen molar-refractivity contribution in [2.45, 2.75) is 12.6 Å². The Bertz CT molecular complexity index is 1470. The number of aromatic nitrogens is 2. The van der Waals surface area contributed by atoms with E-state index in [1.807, 2.05) is 24.3 Å². The molecule has 0 fully saturated rings. The molecular formula is C31H31F3N4O2. The summed E-state index contributed by atoms with van der Waals surface area (Å²) in [6.07, 6.45) is 1.08. The van der Waals surface area contributed by atoms with Gasteiger partial charge in [0.15, 0.2) is 0 Å². The maximum atomic E-state index is 13.9. The third-order valence-electron chi connectivity index (χ3n) is 6.16. The van der Waals surface area contributed by atoms with Gasteiger partial charge in [0.05, 0.1) is 6.42 Å². The molecule has 4 rings (SSSR count). The predicted molar refractivity (Wildman–Crippen MR) is 152 cm³/mol. The van der Waals surface area contributed by atoms with E-state index in [-0.39, 0.29) is 11.5 Å². The van der Waals surface area contributed by atoms with Crippen molar-refractivity contribution in [1.29, 1.82) is 0 Å². The van der Waals surface area contributed by atoms with Crippen LogP contribution in [0.3, 0.4) is 0 Å². The second-order valence-electron chi connectivity index (χ2n) is 9.36. The van der Waals surface area contributed by atoms with Crippen molar-refractivity contribution >= 4 is 28.0 Å². The number of carbonyl (C=O) groups excluding carboxylic acids is 1. The van der Waals surface area contributed by atoms with Crippen LogP contribution in [0.4, 0.5) is 13.2 Å². The number of hydrogen-bond acceptors (Lipinski definition) is 4. The maximum Gasteiger partial charge on any atom is 0.393 e. The van der Waals surface area contributed by atoms with Crippen LogP contribution in [-0.4, -0.2) is 60.7 Å². The molecule has 2 N–H and O–H groups in total. The Hall–Kier alpha value is -4.37. The van der Waals surface area contributed by atoms with Gasteiger partial charge in [-0.25, -0.2) is 4.98 Å². The van der Waals surface area contributed by atoms with Crippen LogP contribution >= 0.6 is 0 Å². The number of pyridine rings is 1. The summed E-state index contributed by atoms with van der Waals surface area (Å²) in [4.78, 5) is 20.5. The Morgan fingerprint density at radius 2 is 1.80 bits per heavy atom. The number of H-pyrrole nitrogens is 1. The molecule has 0 unspecified atom stereocenters. The third-order valence-corrected chi connectivity index (χ3v) is 6.16. The summed E-state index contributed by atoms with van der Waals surface area (Å²) in [5.74, 6) is 0.274. The van der Waals surface area contributed by atoms with Crippen LogP contribution in [0.15, 0.2) is 91.3 Å². The summed E-state index contributed by atoms with van der Waals surface area (Å²) in [5.41, 5.74) is 3.25. The first kappa shape index (κ1) is 28.6. The quantitative estimate of drug-likeness (QED) is 0.135. The largest absolute Gasteiger partial charge is 0.476 e. The number of rotatable bonds is 11. The molecule has 40 heavy (non-hydrogen) atoms. The van der Waals surface area contributed by atoms with Crippen LogP contribution in [0.1, 0.15) is 23.1 Å². The fourth-order valence-corrected chi connectivity index (χ4v) is 4.23. The number of fused-ring (bicyclic) bond motifs is 1. The molecule has 0 saturated heterocycles. The van der Waals surface area contributed by atoms with Gasteiger partial charge in [-0.05, 0) is 51.9 Å². The summed E-state index contributed by atoms with van der Waals surface area (Å²) >= 11 is 0. The fraction of sp³-hybridized carbons (Fsp3) is 0.226. The van der Waals surface area contributed by atoms with E-state index in [1.165, 1.54) is 11.0 Å². The van der Waals surface area contributed by atoms with E-state index in [0.29, 0.717) is 47.8 Å². The number of hydrogen-bond donors (Lipinski definition) is 2. The number of halogens is 3. The van der Waals surface area contributed by atoms with Crippen molar-refractivity contribution in [3.8, 4) is 5.88 Å². The third kappa shape index (κ3) is 7.83. The number of benzene rings is 2. The highest BCUT2D eigenvalue weighted by atomic mass is 19.4. The maximum absolute atomic E-state index is 13.9. The first-order valence-electron chi connectivity index (χ1n) is 12.8. The van der Waals surface area contributed by atoms with Gasteiger partial charge in [-0.3, -0.25) is 4.79 Å². The number of nitrogens with one attached hydrogen (secondary N) is 2. The normalized spacial score (nSPS) is 12.5. The van der Waals surface area contributed by atoms with Crippen molar-refractivity contribution < 1.29 is 22.7 Å². The summed E-state index contributed by atoms with van der Waals surface area (Å²) in [6.45, 7) is 1.36. The Kier molecular flexibility index (Phi) is 9.39. The Morgan fingerprint density at radius 1 is 1.02 bits per heavy atom. The molecule has 0 aliphatic heterocycles. The fourth-order valence-electron chi connectivity index (χ4n) is 4.23. The van der Waals surface area contributed by atoms with Gasteiger partial charge in [-0.2, -0.15) is 13.2 Å². The number of carbonyl (C=O) groups is 1. The molecule has 0 aliphatic rings. The Labute approximate surface area is 231 Å². The number of amides is 1. The molecule has 0 bridgehead atoms. The summed E-state index contributed by atoms with van der Waals surface area (Å²) in [5, 5.41) is 4.04. The Balaban J connectivity index is 1.58. The SMILES string of the molecule is CN(C)C(=O)/C=C/CNCCOc1ccc(/C(=C(/CC(F)(F)F)c2ccccc2)c2ccc3[nH]ccc3c2)cn1. The minimum Gasteiger partial charge on any atom is -0.476 e. The highest BCUT2D eigenvalue weighted by Crippen LogP contribution is 2.40. The van der Waals surface area contributed by atoms with E-state index >= 15 is 0 Å². The topological polar surface area (TPSA) is 70.2 Å². The monoisotopic (exact) mass is 548 g/mol. The lowest BCUT2D eigenvalue weighted by atomic mass is 9.88. The number of likely N-dealkylation sites (N-methyl/N-ethyl adjacent to an activating group) is 1. The van der Waals surface area contributed by atoms with Crippen molar-refractivity contribution in [2.75, 3.05) is 33.8 Å². The molecule has 1 amide bonds. The van der Waals surface area contributed by atoms with Crippen LogP contribution in [-0.2, 0) is 4.79 Å². The molecule has 2 aromatic heterocycles. The average Bonchev–Trinajstić information content (AvgIpc) is 3.41.